The first kappa shape index (κ1) is 11.4. The van der Waals surface area contributed by atoms with Gasteiger partial charge < -0.3 is 5.32 Å². The highest BCUT2D eigenvalue weighted by Gasteiger charge is 2.23. The van der Waals surface area contributed by atoms with Crippen LogP contribution in [0.1, 0.15) is 11.6 Å². The number of aromatic nitrogens is 2. The van der Waals surface area contributed by atoms with Crippen molar-refractivity contribution in [2.75, 3.05) is 10.6 Å². The molecular weight excluding hydrogens is 238 g/mol. The molecule has 2 heterocycles. The summed E-state index contributed by atoms with van der Waals surface area (Å²) in [6, 6.07) is 10.1. The molecule has 2 N–H and O–H groups in total. The van der Waals surface area contributed by atoms with E-state index >= 15 is 0 Å². The van der Waals surface area contributed by atoms with E-state index in [1.165, 1.54) is 6.33 Å². The summed E-state index contributed by atoms with van der Waals surface area (Å²) < 4.78 is 0. The van der Waals surface area contributed by atoms with Crippen LogP contribution >= 0.6 is 0 Å². The average molecular weight is 251 g/mol. The van der Waals surface area contributed by atoms with Gasteiger partial charge in [-0.15, -0.1) is 6.58 Å². The summed E-state index contributed by atoms with van der Waals surface area (Å²) >= 11 is 0. The fourth-order valence-corrected chi connectivity index (χ4v) is 1.96. The van der Waals surface area contributed by atoms with Crippen molar-refractivity contribution in [2.45, 2.75) is 6.04 Å². The molecule has 5 nitrogen and oxygen atoms in total. The number of hydrogen-bond donors (Lipinski definition) is 2. The van der Waals surface area contributed by atoms with Crippen LogP contribution in [-0.2, 0) is 0 Å². The highest BCUT2D eigenvalue weighted by Crippen LogP contribution is 2.30. The van der Waals surface area contributed by atoms with E-state index < -0.39 is 0 Å². The molecule has 0 spiro atoms. The van der Waals surface area contributed by atoms with E-state index in [1.54, 1.807) is 6.34 Å². The van der Waals surface area contributed by atoms with Crippen molar-refractivity contribution in [3.63, 3.8) is 0 Å². The number of rotatable bonds is 4. The van der Waals surface area contributed by atoms with Crippen LogP contribution in [0.2, 0.25) is 0 Å². The lowest BCUT2D eigenvalue weighted by Crippen LogP contribution is -2.10. The van der Waals surface area contributed by atoms with Crippen LogP contribution in [0.15, 0.2) is 49.3 Å². The average Bonchev–Trinajstić information content (AvgIpc) is 2.95. The molecule has 19 heavy (non-hydrogen) atoms. The van der Waals surface area contributed by atoms with Crippen LogP contribution in [-0.4, -0.2) is 16.3 Å². The van der Waals surface area contributed by atoms with Crippen molar-refractivity contribution in [1.82, 2.24) is 15.0 Å². The largest absolute Gasteiger partial charge is 0.357 e. The second-order valence-corrected chi connectivity index (χ2v) is 4.09. The van der Waals surface area contributed by atoms with Crippen LogP contribution < -0.4 is 15.6 Å². The zero-order chi connectivity index (χ0) is 13.1. The molecule has 1 radical (unpaired) electrons. The summed E-state index contributed by atoms with van der Waals surface area (Å²) in [6.45, 7) is 3.87. The molecule has 1 atom stereocenters. The zero-order valence-electron chi connectivity index (χ0n) is 10.2. The minimum Gasteiger partial charge on any atom is -0.357 e. The Balaban J connectivity index is 1.89. The van der Waals surface area contributed by atoms with Crippen LogP contribution in [0.25, 0.3) is 0 Å². The minimum absolute atomic E-state index is 0.0115. The molecule has 0 saturated heterocycles. The molecule has 1 aliphatic heterocycles. The van der Waals surface area contributed by atoms with Crippen molar-refractivity contribution >= 4 is 23.7 Å². The first-order valence-electron chi connectivity index (χ1n) is 5.96. The third-order valence-electron chi connectivity index (χ3n) is 2.91. The van der Waals surface area contributed by atoms with Crippen LogP contribution in [0.5, 0.6) is 0 Å². The molecule has 5 heteroatoms. The van der Waals surface area contributed by atoms with Crippen molar-refractivity contribution in [1.29, 1.82) is 0 Å². The molecule has 2 aromatic rings. The molecule has 1 aromatic carbocycles. The lowest BCUT2D eigenvalue weighted by molar-refractivity contribution is 0.965. The van der Waals surface area contributed by atoms with Crippen LogP contribution in [0, 0.1) is 0 Å². The van der Waals surface area contributed by atoms with Gasteiger partial charge >= 0.3 is 5.82 Å². The van der Waals surface area contributed by atoms with Gasteiger partial charge in [-0.05, 0) is 5.56 Å². The third kappa shape index (κ3) is 2.18. The van der Waals surface area contributed by atoms with Gasteiger partial charge in [0.05, 0.1) is 6.04 Å². The van der Waals surface area contributed by atoms with Crippen molar-refractivity contribution < 1.29 is 0 Å². The fourth-order valence-electron chi connectivity index (χ4n) is 1.96. The summed E-state index contributed by atoms with van der Waals surface area (Å²) in [7, 11) is 0. The van der Waals surface area contributed by atoms with Gasteiger partial charge in [0.25, 0.3) is 0 Å². The van der Waals surface area contributed by atoms with E-state index in [-0.39, 0.29) is 6.04 Å². The predicted molar refractivity (Wildman–Crippen MR) is 76.5 cm³/mol. The fraction of sp³-hybridized carbons (Fsp3) is 0.0714. The Kier molecular flexibility index (Phi) is 2.94. The van der Waals surface area contributed by atoms with Crippen molar-refractivity contribution in [2.24, 2.45) is 0 Å². The Morgan fingerprint density at radius 2 is 2.11 bits per heavy atom. The second-order valence-electron chi connectivity index (χ2n) is 4.09. The number of anilines is 2. The second kappa shape index (κ2) is 4.89. The van der Waals surface area contributed by atoms with E-state index in [1.807, 2.05) is 36.4 Å². The zero-order valence-corrected chi connectivity index (χ0v) is 10.2. The third-order valence-corrected chi connectivity index (χ3v) is 2.91. The Bertz CT molecular complexity index is 621. The number of fused-ring (bicyclic) bond motifs is 1. The lowest BCUT2D eigenvalue weighted by Gasteiger charge is -2.15. The number of hydrogen-bond acceptors (Lipinski definition) is 5. The van der Waals surface area contributed by atoms with Crippen LogP contribution in [0.4, 0.5) is 17.3 Å². The van der Waals surface area contributed by atoms with Crippen molar-refractivity contribution in [3.8, 4) is 0 Å². The van der Waals surface area contributed by atoms with Gasteiger partial charge in [0, 0.05) is 0 Å². The maximum Gasteiger partial charge on any atom is 0.341 e. The SMILES string of the molecule is C=CC(Nc1ncnc2c1NC=[N+]2)c1ccccc1. The standard InChI is InChI=1S/C14H13N5/c1-2-11(10-6-4-3-5-7-10)19-14-12-13(16-8-15-12)17-9-18-14/h2-9,11,15H,1H2,(H,17,18,19)/q+1. The molecule has 1 aromatic heterocycles. The maximum absolute atomic E-state index is 4.25. The first-order valence-corrected chi connectivity index (χ1v) is 5.96. The molecule has 0 fully saturated rings. The van der Waals surface area contributed by atoms with Crippen molar-refractivity contribution in [3.05, 3.63) is 54.9 Å². The van der Waals surface area contributed by atoms with E-state index in [2.05, 4.69) is 32.2 Å². The maximum atomic E-state index is 4.25. The first-order chi connectivity index (χ1) is 9.38. The Morgan fingerprint density at radius 3 is 2.89 bits per heavy atom. The molecule has 0 aliphatic carbocycles. The molecule has 3 rings (SSSR count). The molecule has 0 amide bonds. The minimum atomic E-state index is -0.0115. The summed E-state index contributed by atoms with van der Waals surface area (Å²) in [5.74, 6) is 1.37. The molecule has 0 bridgehead atoms. The number of nitrogens with zero attached hydrogens (tertiary/aromatic N) is 3. The normalized spacial score (nSPS) is 13.5. The van der Waals surface area contributed by atoms with E-state index in [0.29, 0.717) is 5.82 Å². The predicted octanol–water partition coefficient (Wildman–Crippen LogP) is 2.24. The van der Waals surface area contributed by atoms with Crippen LogP contribution in [0.3, 0.4) is 0 Å². The highest BCUT2D eigenvalue weighted by atomic mass is 15.2. The van der Waals surface area contributed by atoms with E-state index in [4.69, 9.17) is 0 Å². The molecule has 1 aliphatic rings. The van der Waals surface area contributed by atoms with Gasteiger partial charge in [-0.3, -0.25) is 5.32 Å². The summed E-state index contributed by atoms with van der Waals surface area (Å²) in [6.07, 6.45) is 4.95. The number of aliphatic imine (C=N–C) groups is 1. The van der Waals surface area contributed by atoms with Gasteiger partial charge in [0.2, 0.25) is 12.0 Å². The van der Waals surface area contributed by atoms with Gasteiger partial charge in [-0.1, -0.05) is 46.4 Å². The number of nitrogens with one attached hydrogen (secondary N) is 2. The van der Waals surface area contributed by atoms with E-state index in [0.717, 1.165) is 17.1 Å². The van der Waals surface area contributed by atoms with Gasteiger partial charge in [-0.2, -0.15) is 4.98 Å². The molecule has 0 saturated carbocycles. The van der Waals surface area contributed by atoms with Gasteiger partial charge in [0.15, 0.2) is 12.1 Å². The van der Waals surface area contributed by atoms with E-state index in [9.17, 15) is 0 Å². The van der Waals surface area contributed by atoms with Gasteiger partial charge in [-0.25, -0.2) is 0 Å². The highest BCUT2D eigenvalue weighted by molar-refractivity contribution is 5.93. The summed E-state index contributed by atoms with van der Waals surface area (Å²) in [5.41, 5.74) is 1.93. The summed E-state index contributed by atoms with van der Waals surface area (Å²) in [4.78, 5) is 12.5. The summed E-state index contributed by atoms with van der Waals surface area (Å²) in [5, 5.41) is 6.37. The molecule has 93 valence electrons. The molecule has 1 unspecified atom stereocenters. The smallest absolute Gasteiger partial charge is 0.341 e. The Labute approximate surface area is 111 Å². The lowest BCUT2D eigenvalue weighted by atomic mass is 10.1. The molecular formula is C14H13N5+. The quantitative estimate of drug-likeness (QED) is 0.818. The Morgan fingerprint density at radius 1 is 1.26 bits per heavy atom. The monoisotopic (exact) mass is 251 g/mol. The van der Waals surface area contributed by atoms with Gasteiger partial charge in [0.1, 0.15) is 0 Å². The topological polar surface area (TPSA) is 63.9 Å². The Hall–Kier alpha value is -2.69. The number of benzene rings is 1.